The molecule has 2 aliphatic heterocycles. The lowest BCUT2D eigenvalue weighted by atomic mass is 10.0. The summed E-state index contributed by atoms with van der Waals surface area (Å²) in [5, 5.41) is 23.0. The standard InChI is InChI=1S/C26H30F3N5O4S/c27-26(28,29)18-13-20(32-24-21(18)22(30)23(39-24)25(36)37)34-7-5-16(6-8-34)31-14-19(35)15-1-3-17(4-2-15)33-9-11-38-12-10-33/h1-4,13,16,19,31,35H,5-12,14,30H2,(H,36,37). The van der Waals surface area contributed by atoms with E-state index in [9.17, 15) is 28.2 Å². The van der Waals surface area contributed by atoms with Crippen LogP contribution in [0.5, 0.6) is 0 Å². The number of alkyl halides is 3. The topological polar surface area (TPSA) is 124 Å². The Morgan fingerprint density at radius 1 is 1.15 bits per heavy atom. The Labute approximate surface area is 227 Å². The zero-order valence-electron chi connectivity index (χ0n) is 21.1. The lowest BCUT2D eigenvalue weighted by Gasteiger charge is -2.34. The van der Waals surface area contributed by atoms with Gasteiger partial charge in [-0.2, -0.15) is 13.2 Å². The first kappa shape index (κ1) is 27.4. The fraction of sp³-hybridized carbons (Fsp3) is 0.462. The van der Waals surface area contributed by atoms with Crippen molar-refractivity contribution in [3.63, 3.8) is 0 Å². The van der Waals surface area contributed by atoms with E-state index in [1.165, 1.54) is 0 Å². The molecule has 2 aromatic heterocycles. The Hall–Kier alpha value is -3.13. The number of benzene rings is 1. The number of anilines is 3. The highest BCUT2D eigenvalue weighted by Crippen LogP contribution is 2.43. The van der Waals surface area contributed by atoms with E-state index in [2.05, 4.69) is 15.2 Å². The number of aliphatic hydroxyl groups excluding tert-OH is 1. The second kappa shape index (κ2) is 11.2. The van der Waals surface area contributed by atoms with Crippen LogP contribution < -0.4 is 20.9 Å². The lowest BCUT2D eigenvalue weighted by molar-refractivity contribution is -0.136. The van der Waals surface area contributed by atoms with Gasteiger partial charge >= 0.3 is 12.1 Å². The van der Waals surface area contributed by atoms with Crippen molar-refractivity contribution in [1.82, 2.24) is 10.3 Å². The van der Waals surface area contributed by atoms with Crippen molar-refractivity contribution in [3.05, 3.63) is 46.3 Å². The van der Waals surface area contributed by atoms with Crippen molar-refractivity contribution in [1.29, 1.82) is 0 Å². The van der Waals surface area contributed by atoms with Crippen LogP contribution in [0.2, 0.25) is 0 Å². The Morgan fingerprint density at radius 2 is 1.82 bits per heavy atom. The first-order chi connectivity index (χ1) is 18.6. The maximum absolute atomic E-state index is 13.9. The minimum absolute atomic E-state index is 0.0438. The molecule has 2 fully saturated rings. The smallest absolute Gasteiger partial charge is 0.417 e. The molecule has 13 heteroatoms. The molecule has 0 aliphatic carbocycles. The summed E-state index contributed by atoms with van der Waals surface area (Å²) in [6.45, 7) is 4.37. The number of hydrogen-bond acceptors (Lipinski definition) is 9. The summed E-state index contributed by atoms with van der Waals surface area (Å²) in [5.74, 6) is -1.24. The highest BCUT2D eigenvalue weighted by molar-refractivity contribution is 7.21. The van der Waals surface area contributed by atoms with Gasteiger partial charge in [-0.05, 0) is 36.6 Å². The number of pyridine rings is 1. The molecule has 3 aromatic rings. The number of piperidine rings is 1. The third kappa shape index (κ3) is 5.91. The second-order valence-electron chi connectivity index (χ2n) is 9.73. The molecule has 1 unspecified atom stereocenters. The number of carboxylic acid groups (broad SMARTS) is 1. The third-order valence-electron chi connectivity index (χ3n) is 7.26. The highest BCUT2D eigenvalue weighted by atomic mass is 32.1. The average molecular weight is 566 g/mol. The number of nitrogens with zero attached hydrogens (tertiary/aromatic N) is 3. The zero-order valence-corrected chi connectivity index (χ0v) is 21.9. The maximum Gasteiger partial charge on any atom is 0.417 e. The number of fused-ring (bicyclic) bond motifs is 1. The van der Waals surface area contributed by atoms with Gasteiger partial charge in [0.2, 0.25) is 0 Å². The number of aromatic carboxylic acids is 1. The summed E-state index contributed by atoms with van der Waals surface area (Å²) in [7, 11) is 0. The van der Waals surface area contributed by atoms with Crippen molar-refractivity contribution < 1.29 is 32.9 Å². The van der Waals surface area contributed by atoms with E-state index in [1.54, 1.807) is 4.90 Å². The second-order valence-corrected chi connectivity index (χ2v) is 10.7. The van der Waals surface area contributed by atoms with Crippen LogP contribution in [-0.4, -0.2) is 73.1 Å². The molecule has 0 saturated carbocycles. The van der Waals surface area contributed by atoms with E-state index in [0.717, 1.165) is 30.4 Å². The van der Waals surface area contributed by atoms with Crippen LogP contribution in [0.3, 0.4) is 0 Å². The van der Waals surface area contributed by atoms with Crippen LogP contribution in [0.1, 0.15) is 39.7 Å². The predicted molar refractivity (Wildman–Crippen MR) is 144 cm³/mol. The summed E-state index contributed by atoms with van der Waals surface area (Å²) < 4.78 is 47.0. The number of carbonyl (C=O) groups is 1. The average Bonchev–Trinajstić information content (AvgIpc) is 3.28. The van der Waals surface area contributed by atoms with E-state index >= 15 is 0 Å². The largest absolute Gasteiger partial charge is 0.477 e. The quantitative estimate of drug-likeness (QED) is 0.339. The van der Waals surface area contributed by atoms with Crippen molar-refractivity contribution in [2.75, 3.05) is 61.5 Å². The number of rotatable bonds is 7. The van der Waals surface area contributed by atoms with Crippen LogP contribution in [0.25, 0.3) is 10.2 Å². The van der Waals surface area contributed by atoms with Gasteiger partial charge in [-0.1, -0.05) is 12.1 Å². The molecule has 4 heterocycles. The van der Waals surface area contributed by atoms with E-state index < -0.39 is 29.5 Å². The molecule has 0 spiro atoms. The number of morpholine rings is 1. The van der Waals surface area contributed by atoms with Gasteiger partial charge in [-0.15, -0.1) is 11.3 Å². The minimum Gasteiger partial charge on any atom is -0.477 e. The number of aromatic nitrogens is 1. The van der Waals surface area contributed by atoms with Crippen molar-refractivity contribution in [2.45, 2.75) is 31.2 Å². The summed E-state index contributed by atoms with van der Waals surface area (Å²) in [4.78, 5) is 19.4. The predicted octanol–water partition coefficient (Wildman–Crippen LogP) is 3.72. The van der Waals surface area contributed by atoms with Crippen LogP contribution in [0, 0.1) is 0 Å². The van der Waals surface area contributed by atoms with Crippen LogP contribution >= 0.6 is 11.3 Å². The zero-order chi connectivity index (χ0) is 27.7. The molecule has 9 nitrogen and oxygen atoms in total. The number of hydrogen-bond donors (Lipinski definition) is 4. The fourth-order valence-electron chi connectivity index (χ4n) is 5.09. The van der Waals surface area contributed by atoms with Gasteiger partial charge < -0.3 is 35.8 Å². The van der Waals surface area contributed by atoms with Crippen molar-refractivity contribution in [2.24, 2.45) is 0 Å². The molecule has 0 bridgehead atoms. The number of ether oxygens (including phenoxy) is 1. The van der Waals surface area contributed by atoms with E-state index in [-0.39, 0.29) is 27.0 Å². The van der Waals surface area contributed by atoms with Gasteiger partial charge in [0.05, 0.1) is 30.6 Å². The molecule has 1 atom stereocenters. The SMILES string of the molecule is Nc1c(C(=O)O)sc2nc(N3CCC(NCC(O)c4ccc(N5CCOCC5)cc4)CC3)cc(C(F)(F)F)c12. The van der Waals surface area contributed by atoms with Gasteiger partial charge in [0.25, 0.3) is 0 Å². The molecule has 210 valence electrons. The Kier molecular flexibility index (Phi) is 7.85. The molecule has 1 aromatic carbocycles. The molecule has 5 N–H and O–H groups in total. The first-order valence-electron chi connectivity index (χ1n) is 12.7. The molecular formula is C26H30F3N5O4S. The fourth-order valence-corrected chi connectivity index (χ4v) is 6.04. The summed E-state index contributed by atoms with van der Waals surface area (Å²) in [5.41, 5.74) is 6.28. The minimum atomic E-state index is -4.71. The van der Waals surface area contributed by atoms with Gasteiger partial charge in [-0.25, -0.2) is 9.78 Å². The van der Waals surface area contributed by atoms with Gasteiger partial charge in [0.15, 0.2) is 0 Å². The number of aliphatic hydroxyl groups is 1. The number of halogens is 3. The van der Waals surface area contributed by atoms with Crippen LogP contribution in [0.4, 0.5) is 30.4 Å². The first-order valence-corrected chi connectivity index (χ1v) is 13.6. The molecular weight excluding hydrogens is 535 g/mol. The van der Waals surface area contributed by atoms with Crippen molar-refractivity contribution >= 4 is 44.7 Å². The van der Waals surface area contributed by atoms with Crippen LogP contribution in [-0.2, 0) is 10.9 Å². The molecule has 2 saturated heterocycles. The molecule has 2 aliphatic rings. The van der Waals surface area contributed by atoms with E-state index in [1.807, 2.05) is 24.3 Å². The van der Waals surface area contributed by atoms with E-state index in [4.69, 9.17) is 10.5 Å². The maximum atomic E-state index is 13.9. The summed E-state index contributed by atoms with van der Waals surface area (Å²) in [6, 6.07) is 8.89. The molecule has 0 amide bonds. The summed E-state index contributed by atoms with van der Waals surface area (Å²) in [6.07, 6.45) is -4.10. The van der Waals surface area contributed by atoms with Gasteiger partial charge in [0.1, 0.15) is 15.5 Å². The number of nitrogens with two attached hydrogens (primary N) is 1. The Morgan fingerprint density at radius 3 is 2.44 bits per heavy atom. The third-order valence-corrected chi connectivity index (χ3v) is 8.35. The van der Waals surface area contributed by atoms with Gasteiger partial charge in [-0.3, -0.25) is 0 Å². The molecule has 5 rings (SSSR count). The van der Waals surface area contributed by atoms with Crippen LogP contribution in [0.15, 0.2) is 30.3 Å². The number of thiophene rings is 1. The summed E-state index contributed by atoms with van der Waals surface area (Å²) >= 11 is 0.648. The Balaban J connectivity index is 1.20. The monoisotopic (exact) mass is 565 g/mol. The number of nitrogens with one attached hydrogen (secondary N) is 1. The normalized spacial score (nSPS) is 18.1. The number of nitrogen functional groups attached to an aromatic ring is 1. The molecule has 39 heavy (non-hydrogen) atoms. The van der Waals surface area contributed by atoms with E-state index in [0.29, 0.717) is 57.0 Å². The van der Waals surface area contributed by atoms with Gasteiger partial charge in [0, 0.05) is 49.8 Å². The number of carboxylic acids is 1. The van der Waals surface area contributed by atoms with Crippen molar-refractivity contribution in [3.8, 4) is 0 Å². The lowest BCUT2D eigenvalue weighted by Crippen LogP contribution is -2.44. The molecule has 0 radical (unpaired) electrons. The Bertz CT molecular complexity index is 1320. The highest BCUT2D eigenvalue weighted by Gasteiger charge is 2.37.